The molecule has 0 amide bonds. The fourth-order valence-electron chi connectivity index (χ4n) is 2.89. The second kappa shape index (κ2) is 6.94. The number of anilines is 1. The molecule has 0 radical (unpaired) electrons. The van der Waals surface area contributed by atoms with Crippen molar-refractivity contribution in [1.82, 2.24) is 19.5 Å². The first-order valence-electron chi connectivity index (χ1n) is 7.84. The molecule has 6 N–H and O–H groups in total. The number of imidazole rings is 1. The van der Waals surface area contributed by atoms with Crippen LogP contribution in [-0.4, -0.2) is 48.6 Å². The molecule has 0 saturated carbocycles. The summed E-state index contributed by atoms with van der Waals surface area (Å²) in [5, 5.41) is 0. The third kappa shape index (κ3) is 3.97. The molecule has 0 aromatic carbocycles. The van der Waals surface area contributed by atoms with E-state index in [0.29, 0.717) is 30.1 Å². The number of aromatic nitrogens is 4. The Bertz CT molecular complexity index is 750. The number of nitrogens with two attached hydrogens (primary N) is 2. The maximum Gasteiger partial charge on any atom is 0.493 e. The van der Waals surface area contributed by atoms with Crippen LogP contribution < -0.4 is 16.0 Å². The molecular formula is C13H22N6O5P+. The Morgan fingerprint density at radius 3 is 2.88 bits per heavy atom. The van der Waals surface area contributed by atoms with E-state index in [1.807, 2.05) is 13.8 Å². The van der Waals surface area contributed by atoms with Crippen LogP contribution in [0.4, 0.5) is 5.95 Å². The van der Waals surface area contributed by atoms with Crippen LogP contribution in [0.5, 0.6) is 5.88 Å². The predicted octanol–water partition coefficient (Wildman–Crippen LogP) is 0.368. The first-order valence-corrected chi connectivity index (χ1v) is 9.52. The summed E-state index contributed by atoms with van der Waals surface area (Å²) in [5.41, 5.74) is 11.9. The zero-order valence-corrected chi connectivity index (χ0v) is 14.8. The van der Waals surface area contributed by atoms with Crippen molar-refractivity contribution < 1.29 is 23.8 Å². The Morgan fingerprint density at radius 1 is 1.44 bits per heavy atom. The van der Waals surface area contributed by atoms with Crippen LogP contribution in [0.25, 0.3) is 11.2 Å². The van der Waals surface area contributed by atoms with Gasteiger partial charge in [-0.1, -0.05) is 6.92 Å². The number of hydrogen-bond donors (Lipinski definition) is 4. The van der Waals surface area contributed by atoms with Gasteiger partial charge in [0.15, 0.2) is 11.2 Å². The normalized spacial score (nSPS) is 24.1. The quantitative estimate of drug-likeness (QED) is 0.520. The van der Waals surface area contributed by atoms with Gasteiger partial charge < -0.3 is 15.2 Å². The van der Waals surface area contributed by atoms with Crippen LogP contribution in [0.1, 0.15) is 26.5 Å². The van der Waals surface area contributed by atoms with Crippen molar-refractivity contribution in [3.63, 3.8) is 0 Å². The minimum absolute atomic E-state index is 0.00787. The molecule has 3 unspecified atom stereocenters. The fraction of sp³-hybridized carbons (Fsp3) is 0.615. The van der Waals surface area contributed by atoms with E-state index in [1.54, 1.807) is 10.9 Å². The number of fused-ring (bicyclic) bond motifs is 1. The van der Waals surface area contributed by atoms with Gasteiger partial charge in [0.25, 0.3) is 0 Å². The van der Waals surface area contributed by atoms with Gasteiger partial charge in [0.1, 0.15) is 12.8 Å². The molecular weight excluding hydrogens is 351 g/mol. The molecule has 1 aliphatic heterocycles. The van der Waals surface area contributed by atoms with Crippen LogP contribution in [0.15, 0.2) is 6.33 Å². The third-order valence-corrected chi connectivity index (χ3v) is 4.39. The molecule has 138 valence electrons. The fourth-order valence-corrected chi connectivity index (χ4v) is 3.27. The van der Waals surface area contributed by atoms with Crippen molar-refractivity contribution in [2.75, 3.05) is 18.9 Å². The smallest absolute Gasteiger partial charge is 0.476 e. The highest BCUT2D eigenvalue weighted by Crippen LogP contribution is 2.43. The SMILES string of the molecule is CCOc1nc(N)nc2c1ncn2C1OC(CO[P+](N)(O)O)CC1C. The maximum absolute atomic E-state index is 9.15. The van der Waals surface area contributed by atoms with Gasteiger partial charge in [-0.25, -0.2) is 4.98 Å². The van der Waals surface area contributed by atoms with E-state index < -0.39 is 8.09 Å². The zero-order chi connectivity index (χ0) is 18.2. The van der Waals surface area contributed by atoms with Crippen LogP contribution in [-0.2, 0) is 9.26 Å². The van der Waals surface area contributed by atoms with E-state index in [0.717, 1.165) is 0 Å². The van der Waals surface area contributed by atoms with Gasteiger partial charge in [-0.15, -0.1) is 5.50 Å². The predicted molar refractivity (Wildman–Crippen MR) is 90.1 cm³/mol. The van der Waals surface area contributed by atoms with Gasteiger partial charge in [-0.05, 0) is 13.3 Å². The molecule has 0 bridgehead atoms. The molecule has 0 spiro atoms. The third-order valence-electron chi connectivity index (χ3n) is 3.87. The standard InChI is InChI=1S/C13H22N6O5P/c1-3-22-11-9-10(17-13(14)18-11)19(6-16-9)12-7(2)4-8(24-12)5-23-25(15,20)21/h6-8,12,20-21H,3-5,15H2,1-2H3,(H2,14,17,18)/q+1. The summed E-state index contributed by atoms with van der Waals surface area (Å²) in [6, 6.07) is 0. The monoisotopic (exact) mass is 373 g/mol. The van der Waals surface area contributed by atoms with Crippen molar-refractivity contribution in [2.45, 2.75) is 32.6 Å². The Hall–Kier alpha value is -1.62. The molecule has 2 aromatic rings. The van der Waals surface area contributed by atoms with Crippen molar-refractivity contribution in [3.8, 4) is 5.88 Å². The van der Waals surface area contributed by atoms with E-state index in [1.165, 1.54) is 0 Å². The molecule has 25 heavy (non-hydrogen) atoms. The van der Waals surface area contributed by atoms with Crippen molar-refractivity contribution in [1.29, 1.82) is 0 Å². The minimum Gasteiger partial charge on any atom is -0.476 e. The maximum atomic E-state index is 9.15. The lowest BCUT2D eigenvalue weighted by Crippen LogP contribution is -2.19. The first-order chi connectivity index (χ1) is 11.8. The summed E-state index contributed by atoms with van der Waals surface area (Å²) in [7, 11) is -3.78. The zero-order valence-electron chi connectivity index (χ0n) is 13.9. The molecule has 1 aliphatic rings. The van der Waals surface area contributed by atoms with Gasteiger partial charge in [-0.3, -0.25) is 4.57 Å². The molecule has 3 heterocycles. The van der Waals surface area contributed by atoms with Crippen LogP contribution in [0.2, 0.25) is 0 Å². The van der Waals surface area contributed by atoms with Crippen molar-refractivity contribution >= 4 is 25.2 Å². The molecule has 3 rings (SSSR count). The summed E-state index contributed by atoms with van der Waals surface area (Å²) in [4.78, 5) is 30.9. The second-order valence-corrected chi connectivity index (χ2v) is 7.33. The number of hydrogen-bond acceptors (Lipinski definition) is 10. The number of nitrogens with zero attached hydrogens (tertiary/aromatic N) is 4. The Morgan fingerprint density at radius 2 is 2.20 bits per heavy atom. The van der Waals surface area contributed by atoms with E-state index >= 15 is 0 Å². The molecule has 1 fully saturated rings. The number of rotatable bonds is 6. The van der Waals surface area contributed by atoms with Crippen LogP contribution in [0.3, 0.4) is 0 Å². The highest BCUT2D eigenvalue weighted by molar-refractivity contribution is 7.57. The minimum atomic E-state index is -3.78. The Labute approximate surface area is 144 Å². The summed E-state index contributed by atoms with van der Waals surface area (Å²) in [5.74, 6) is 0.523. The number of ether oxygens (including phenoxy) is 2. The van der Waals surface area contributed by atoms with Gasteiger partial charge in [0, 0.05) is 5.92 Å². The highest BCUT2D eigenvalue weighted by atomic mass is 31.2. The molecule has 11 nitrogen and oxygen atoms in total. The van der Waals surface area contributed by atoms with Crippen molar-refractivity contribution in [3.05, 3.63) is 6.33 Å². The van der Waals surface area contributed by atoms with Gasteiger partial charge in [-0.2, -0.15) is 24.3 Å². The highest BCUT2D eigenvalue weighted by Gasteiger charge is 2.38. The molecule has 2 aromatic heterocycles. The van der Waals surface area contributed by atoms with E-state index in [2.05, 4.69) is 15.0 Å². The Kier molecular flexibility index (Phi) is 5.05. The molecule has 1 saturated heterocycles. The van der Waals surface area contributed by atoms with Crippen LogP contribution >= 0.6 is 8.09 Å². The number of nitrogen functional groups attached to an aromatic ring is 1. The lowest BCUT2D eigenvalue weighted by Gasteiger charge is -2.17. The van der Waals surface area contributed by atoms with Crippen molar-refractivity contribution in [2.24, 2.45) is 11.4 Å². The summed E-state index contributed by atoms with van der Waals surface area (Å²) in [6.07, 6.45) is 1.57. The van der Waals surface area contributed by atoms with E-state index in [4.69, 9.17) is 35.0 Å². The average Bonchev–Trinajstić information content (AvgIpc) is 3.08. The summed E-state index contributed by atoms with van der Waals surface area (Å²) in [6.45, 7) is 4.27. The van der Waals surface area contributed by atoms with Gasteiger partial charge >= 0.3 is 8.09 Å². The molecule has 0 aliphatic carbocycles. The molecule has 3 atom stereocenters. The lowest BCUT2D eigenvalue weighted by atomic mass is 10.1. The topological polar surface area (TPSA) is 164 Å². The van der Waals surface area contributed by atoms with Crippen LogP contribution in [0, 0.1) is 5.92 Å². The second-order valence-electron chi connectivity index (χ2n) is 5.89. The summed E-state index contributed by atoms with van der Waals surface area (Å²) >= 11 is 0. The largest absolute Gasteiger partial charge is 0.493 e. The average molecular weight is 373 g/mol. The van der Waals surface area contributed by atoms with Gasteiger partial charge in [0.05, 0.1) is 19.0 Å². The summed E-state index contributed by atoms with van der Waals surface area (Å²) < 4.78 is 18.1. The van der Waals surface area contributed by atoms with Gasteiger partial charge in [0.2, 0.25) is 11.8 Å². The van der Waals surface area contributed by atoms with E-state index in [9.17, 15) is 0 Å². The lowest BCUT2D eigenvalue weighted by molar-refractivity contribution is -0.0280. The first kappa shape index (κ1) is 18.2. The Balaban J connectivity index is 1.84. The molecule has 12 heteroatoms. The van der Waals surface area contributed by atoms with E-state index in [-0.39, 0.29) is 30.8 Å².